The van der Waals surface area contributed by atoms with Crippen LogP contribution in [0.2, 0.25) is 0 Å². The molecule has 2 nitrogen and oxygen atoms in total. The van der Waals surface area contributed by atoms with Gasteiger partial charge in [0.2, 0.25) is 0 Å². The van der Waals surface area contributed by atoms with Crippen LogP contribution in [0, 0.1) is 0 Å². The number of carboxylic acid groups (broad SMARTS) is 1. The van der Waals surface area contributed by atoms with Crippen LogP contribution in [-0.4, -0.2) is 11.1 Å². The van der Waals surface area contributed by atoms with Crippen molar-refractivity contribution in [1.29, 1.82) is 0 Å². The maximum Gasteiger partial charge on any atom is 0.330 e. The van der Waals surface area contributed by atoms with E-state index < -0.39 is 5.97 Å². The average Bonchev–Trinajstić information content (AvgIpc) is 2.40. The first-order valence-corrected chi connectivity index (χ1v) is 6.61. The van der Waals surface area contributed by atoms with E-state index in [2.05, 4.69) is 18.7 Å². The summed E-state index contributed by atoms with van der Waals surface area (Å²) in [4.78, 5) is 11.0. The quantitative estimate of drug-likeness (QED) is 0.815. The van der Waals surface area contributed by atoms with Gasteiger partial charge in [0, 0.05) is 5.57 Å². The SMILES string of the molecule is C=C(CC1(c2ccccc2)CCCCC1)C(=O)O. The van der Waals surface area contributed by atoms with Gasteiger partial charge in [-0.1, -0.05) is 56.2 Å². The Kier molecular flexibility index (Phi) is 3.85. The van der Waals surface area contributed by atoms with Gasteiger partial charge in [-0.2, -0.15) is 0 Å². The maximum absolute atomic E-state index is 11.0. The molecule has 1 aromatic carbocycles. The average molecular weight is 244 g/mol. The largest absolute Gasteiger partial charge is 0.478 e. The molecule has 2 rings (SSSR count). The van der Waals surface area contributed by atoms with Crippen LogP contribution in [-0.2, 0) is 10.2 Å². The standard InChI is InChI=1S/C16H20O2/c1-13(15(17)18)12-16(10-6-3-7-11-16)14-8-4-2-5-9-14/h2,4-5,8-9H,1,3,6-7,10-12H2,(H,17,18). The minimum atomic E-state index is -0.865. The smallest absolute Gasteiger partial charge is 0.330 e. The molecule has 1 fully saturated rings. The highest BCUT2D eigenvalue weighted by atomic mass is 16.4. The minimum Gasteiger partial charge on any atom is -0.478 e. The second kappa shape index (κ2) is 5.38. The second-order valence-electron chi connectivity index (χ2n) is 5.29. The van der Waals surface area contributed by atoms with Gasteiger partial charge in [0.1, 0.15) is 0 Å². The summed E-state index contributed by atoms with van der Waals surface area (Å²) in [6.45, 7) is 3.72. The Labute approximate surface area is 108 Å². The fourth-order valence-electron chi connectivity index (χ4n) is 3.07. The zero-order valence-electron chi connectivity index (χ0n) is 10.7. The molecule has 1 aliphatic rings. The van der Waals surface area contributed by atoms with Crippen molar-refractivity contribution in [3.8, 4) is 0 Å². The van der Waals surface area contributed by atoms with Crippen molar-refractivity contribution in [3.63, 3.8) is 0 Å². The minimum absolute atomic E-state index is 0.00498. The normalized spacial score (nSPS) is 18.2. The van der Waals surface area contributed by atoms with Crippen molar-refractivity contribution < 1.29 is 9.90 Å². The van der Waals surface area contributed by atoms with Gasteiger partial charge in [-0.05, 0) is 30.2 Å². The number of rotatable bonds is 4. The molecule has 1 aliphatic carbocycles. The number of benzene rings is 1. The van der Waals surface area contributed by atoms with Gasteiger partial charge in [0.15, 0.2) is 0 Å². The highest BCUT2D eigenvalue weighted by Crippen LogP contribution is 2.43. The Balaban J connectivity index is 2.29. The van der Waals surface area contributed by atoms with Crippen molar-refractivity contribution in [1.82, 2.24) is 0 Å². The molecule has 0 atom stereocenters. The van der Waals surface area contributed by atoms with Crippen LogP contribution in [0.3, 0.4) is 0 Å². The molecule has 1 aromatic rings. The lowest BCUT2D eigenvalue weighted by atomic mass is 9.66. The van der Waals surface area contributed by atoms with Crippen molar-refractivity contribution in [2.24, 2.45) is 0 Å². The second-order valence-corrected chi connectivity index (χ2v) is 5.29. The van der Waals surface area contributed by atoms with E-state index in [1.807, 2.05) is 18.2 Å². The summed E-state index contributed by atoms with van der Waals surface area (Å²) in [6.07, 6.45) is 6.34. The zero-order valence-corrected chi connectivity index (χ0v) is 10.7. The molecular formula is C16H20O2. The molecule has 0 heterocycles. The van der Waals surface area contributed by atoms with Crippen molar-refractivity contribution in [2.45, 2.75) is 43.9 Å². The third-order valence-corrected chi connectivity index (χ3v) is 4.05. The molecule has 0 amide bonds. The summed E-state index contributed by atoms with van der Waals surface area (Å²) in [7, 11) is 0. The molecule has 0 spiro atoms. The molecule has 0 bridgehead atoms. The van der Waals surface area contributed by atoms with E-state index in [4.69, 9.17) is 5.11 Å². The highest BCUT2D eigenvalue weighted by molar-refractivity contribution is 5.86. The van der Waals surface area contributed by atoms with E-state index >= 15 is 0 Å². The van der Waals surface area contributed by atoms with Crippen molar-refractivity contribution in [3.05, 3.63) is 48.0 Å². The molecule has 1 N–H and O–H groups in total. The van der Waals surface area contributed by atoms with Crippen LogP contribution in [0.25, 0.3) is 0 Å². The summed E-state index contributed by atoms with van der Waals surface area (Å²) in [6, 6.07) is 10.3. The van der Waals surface area contributed by atoms with E-state index in [9.17, 15) is 4.79 Å². The highest BCUT2D eigenvalue weighted by Gasteiger charge is 2.35. The lowest BCUT2D eigenvalue weighted by Gasteiger charge is -2.38. The van der Waals surface area contributed by atoms with E-state index in [1.54, 1.807) is 0 Å². The third kappa shape index (κ3) is 2.63. The van der Waals surface area contributed by atoms with Gasteiger partial charge < -0.3 is 5.11 Å². The summed E-state index contributed by atoms with van der Waals surface area (Å²) in [5.41, 5.74) is 1.60. The monoisotopic (exact) mass is 244 g/mol. The van der Waals surface area contributed by atoms with Gasteiger partial charge in [0.05, 0.1) is 0 Å². The Morgan fingerprint density at radius 3 is 2.33 bits per heavy atom. The lowest BCUT2D eigenvalue weighted by molar-refractivity contribution is -0.133. The topological polar surface area (TPSA) is 37.3 Å². The number of carboxylic acids is 1. The van der Waals surface area contributed by atoms with Gasteiger partial charge >= 0.3 is 5.97 Å². The fourth-order valence-corrected chi connectivity index (χ4v) is 3.07. The van der Waals surface area contributed by atoms with E-state index in [1.165, 1.54) is 24.8 Å². The van der Waals surface area contributed by atoms with Gasteiger partial charge in [-0.15, -0.1) is 0 Å². The Hall–Kier alpha value is -1.57. The number of hydrogen-bond acceptors (Lipinski definition) is 1. The molecule has 18 heavy (non-hydrogen) atoms. The first kappa shape index (κ1) is 12.9. The van der Waals surface area contributed by atoms with Crippen molar-refractivity contribution >= 4 is 5.97 Å². The molecule has 1 saturated carbocycles. The molecule has 0 unspecified atom stereocenters. The zero-order chi connectivity index (χ0) is 13.0. The van der Waals surface area contributed by atoms with Crippen LogP contribution in [0.1, 0.15) is 44.1 Å². The van der Waals surface area contributed by atoms with Crippen molar-refractivity contribution in [2.75, 3.05) is 0 Å². The van der Waals surface area contributed by atoms with E-state index in [-0.39, 0.29) is 5.41 Å². The summed E-state index contributed by atoms with van der Waals surface area (Å²) >= 11 is 0. The van der Waals surface area contributed by atoms with Crippen LogP contribution < -0.4 is 0 Å². The van der Waals surface area contributed by atoms with E-state index in [0.29, 0.717) is 12.0 Å². The molecule has 0 aliphatic heterocycles. The van der Waals surface area contributed by atoms with Gasteiger partial charge in [-0.25, -0.2) is 4.79 Å². The number of hydrogen-bond donors (Lipinski definition) is 1. The van der Waals surface area contributed by atoms with Gasteiger partial charge in [0.25, 0.3) is 0 Å². The van der Waals surface area contributed by atoms with Crippen LogP contribution in [0.15, 0.2) is 42.5 Å². The Bertz CT molecular complexity index is 428. The fraction of sp³-hybridized carbons (Fsp3) is 0.438. The van der Waals surface area contributed by atoms with E-state index in [0.717, 1.165) is 12.8 Å². The molecule has 0 aromatic heterocycles. The third-order valence-electron chi connectivity index (χ3n) is 4.05. The van der Waals surface area contributed by atoms with Crippen LogP contribution in [0.4, 0.5) is 0 Å². The summed E-state index contributed by atoms with van der Waals surface area (Å²) in [5, 5.41) is 9.07. The summed E-state index contributed by atoms with van der Waals surface area (Å²) in [5.74, 6) is -0.865. The first-order chi connectivity index (χ1) is 8.64. The van der Waals surface area contributed by atoms with Crippen LogP contribution >= 0.6 is 0 Å². The number of aliphatic carboxylic acids is 1. The molecule has 96 valence electrons. The predicted molar refractivity (Wildman–Crippen MR) is 72.6 cm³/mol. The number of carbonyl (C=O) groups is 1. The first-order valence-electron chi connectivity index (χ1n) is 6.61. The maximum atomic E-state index is 11.0. The molecule has 0 saturated heterocycles. The lowest BCUT2D eigenvalue weighted by Crippen LogP contribution is -2.30. The van der Waals surface area contributed by atoms with Crippen LogP contribution in [0.5, 0.6) is 0 Å². The van der Waals surface area contributed by atoms with Gasteiger partial charge in [-0.3, -0.25) is 0 Å². The Morgan fingerprint density at radius 2 is 1.78 bits per heavy atom. The molecule has 2 heteroatoms. The molecular weight excluding hydrogens is 224 g/mol. The summed E-state index contributed by atoms with van der Waals surface area (Å²) < 4.78 is 0. The predicted octanol–water partition coefficient (Wildman–Crippen LogP) is 3.92. The molecule has 0 radical (unpaired) electrons. The Morgan fingerprint density at radius 1 is 1.17 bits per heavy atom.